The van der Waals surface area contributed by atoms with E-state index in [1.165, 1.54) is 4.88 Å². The van der Waals surface area contributed by atoms with E-state index in [1.54, 1.807) is 23.1 Å². The van der Waals surface area contributed by atoms with E-state index < -0.39 is 0 Å². The Kier molecular flexibility index (Phi) is 4.23. The predicted octanol–water partition coefficient (Wildman–Crippen LogP) is 1.95. The summed E-state index contributed by atoms with van der Waals surface area (Å²) in [5.41, 5.74) is 0. The molecule has 0 fully saturated rings. The van der Waals surface area contributed by atoms with E-state index in [0.29, 0.717) is 0 Å². The van der Waals surface area contributed by atoms with Crippen LogP contribution >= 0.6 is 23.1 Å². The molecule has 64 valence electrons. The van der Waals surface area contributed by atoms with Crippen LogP contribution in [-0.2, 0) is 5.75 Å². The molecule has 1 heterocycles. The van der Waals surface area contributed by atoms with E-state index >= 15 is 0 Å². The quantitative estimate of drug-likeness (QED) is 0.733. The lowest BCUT2D eigenvalue weighted by atomic mass is 10.4. The number of rotatable bonds is 2. The van der Waals surface area contributed by atoms with Crippen molar-refractivity contribution in [3.05, 3.63) is 21.9 Å². The summed E-state index contributed by atoms with van der Waals surface area (Å²) in [4.78, 5) is 2.37. The highest BCUT2D eigenvalue weighted by molar-refractivity contribution is 7.97. The topological polar surface area (TPSA) is 20.2 Å². The van der Waals surface area contributed by atoms with Gasteiger partial charge in [0.05, 0.1) is 4.88 Å². The third-order valence-corrected chi connectivity index (χ3v) is 3.02. The highest BCUT2D eigenvalue weighted by atomic mass is 32.2. The number of thioether (sulfide) groups is 1. The van der Waals surface area contributed by atoms with Crippen molar-refractivity contribution < 1.29 is 5.11 Å². The summed E-state index contributed by atoms with van der Waals surface area (Å²) in [5, 5.41) is 8.46. The van der Waals surface area contributed by atoms with E-state index in [2.05, 4.69) is 24.2 Å². The summed E-state index contributed by atoms with van der Waals surface area (Å²) in [5.74, 6) is 6.56. The van der Waals surface area contributed by atoms with Gasteiger partial charge in [-0.1, -0.05) is 11.8 Å². The Morgan fingerprint density at radius 3 is 3.08 bits per heavy atom. The van der Waals surface area contributed by atoms with Crippen molar-refractivity contribution in [3.63, 3.8) is 0 Å². The molecule has 0 saturated carbocycles. The van der Waals surface area contributed by atoms with Crippen LogP contribution in [0.5, 0.6) is 0 Å². The van der Waals surface area contributed by atoms with E-state index in [9.17, 15) is 0 Å². The van der Waals surface area contributed by atoms with Crippen LogP contribution in [-0.4, -0.2) is 18.0 Å². The van der Waals surface area contributed by atoms with Gasteiger partial charge in [-0.3, -0.25) is 0 Å². The van der Waals surface area contributed by atoms with E-state index in [0.717, 1.165) is 10.6 Å². The molecule has 0 bridgehead atoms. The first-order chi connectivity index (χ1) is 5.86. The monoisotopic (exact) mass is 198 g/mol. The van der Waals surface area contributed by atoms with Gasteiger partial charge in [0.25, 0.3) is 0 Å². The normalized spacial score (nSPS) is 9.17. The predicted molar refractivity (Wildman–Crippen MR) is 55.5 cm³/mol. The van der Waals surface area contributed by atoms with Gasteiger partial charge in [0.15, 0.2) is 0 Å². The molecule has 0 amide bonds. The van der Waals surface area contributed by atoms with Gasteiger partial charge in [-0.25, -0.2) is 0 Å². The summed E-state index contributed by atoms with van der Waals surface area (Å²) in [6, 6.07) is 4.08. The minimum absolute atomic E-state index is 0.0598. The molecule has 0 atom stereocenters. The maximum Gasteiger partial charge on any atom is 0.104 e. The van der Waals surface area contributed by atoms with Crippen molar-refractivity contribution >= 4 is 23.1 Å². The Hall–Kier alpha value is -0.430. The second-order valence-electron chi connectivity index (χ2n) is 2.16. The van der Waals surface area contributed by atoms with Crippen LogP contribution < -0.4 is 0 Å². The molecule has 1 nitrogen and oxygen atoms in total. The van der Waals surface area contributed by atoms with Crippen molar-refractivity contribution in [2.45, 2.75) is 5.75 Å². The third-order valence-electron chi connectivity index (χ3n) is 1.24. The molecule has 1 N–H and O–H groups in total. The molecule has 1 rings (SSSR count). The van der Waals surface area contributed by atoms with Crippen LogP contribution in [0.3, 0.4) is 0 Å². The maximum atomic E-state index is 8.46. The van der Waals surface area contributed by atoms with Gasteiger partial charge in [-0.05, 0) is 18.4 Å². The zero-order valence-corrected chi connectivity index (χ0v) is 8.47. The van der Waals surface area contributed by atoms with E-state index in [1.807, 2.05) is 6.07 Å². The average molecular weight is 198 g/mol. The van der Waals surface area contributed by atoms with Gasteiger partial charge in [-0.15, -0.1) is 11.3 Å². The summed E-state index contributed by atoms with van der Waals surface area (Å²) < 4.78 is 0. The van der Waals surface area contributed by atoms with Crippen molar-refractivity contribution in [3.8, 4) is 11.8 Å². The fourth-order valence-corrected chi connectivity index (χ4v) is 2.44. The van der Waals surface area contributed by atoms with E-state index in [4.69, 9.17) is 5.11 Å². The lowest BCUT2D eigenvalue weighted by Crippen LogP contribution is -1.70. The largest absolute Gasteiger partial charge is 0.384 e. The summed E-state index contributed by atoms with van der Waals surface area (Å²) >= 11 is 3.50. The molecule has 0 aromatic carbocycles. The Balaban J connectivity index is 2.64. The minimum atomic E-state index is -0.0598. The average Bonchev–Trinajstić information content (AvgIpc) is 2.50. The zero-order chi connectivity index (χ0) is 8.81. The van der Waals surface area contributed by atoms with Crippen molar-refractivity contribution in [1.82, 2.24) is 0 Å². The fourth-order valence-electron chi connectivity index (χ4n) is 0.792. The van der Waals surface area contributed by atoms with Gasteiger partial charge in [0.2, 0.25) is 0 Å². The number of hydrogen-bond acceptors (Lipinski definition) is 3. The molecule has 0 aliphatic carbocycles. The number of aliphatic hydroxyl groups excluding tert-OH is 1. The van der Waals surface area contributed by atoms with Gasteiger partial charge < -0.3 is 5.11 Å². The van der Waals surface area contributed by atoms with Crippen LogP contribution in [0.2, 0.25) is 0 Å². The molecule has 1 aromatic heterocycles. The zero-order valence-electron chi connectivity index (χ0n) is 6.83. The number of aliphatic hydroxyl groups is 1. The summed E-state index contributed by atoms with van der Waals surface area (Å²) in [6.45, 7) is -0.0598. The molecule has 12 heavy (non-hydrogen) atoms. The highest BCUT2D eigenvalue weighted by Gasteiger charge is 1.95. The number of thiophene rings is 1. The number of hydrogen-bond donors (Lipinski definition) is 1. The van der Waals surface area contributed by atoms with Crippen molar-refractivity contribution in [2.24, 2.45) is 0 Å². The maximum absolute atomic E-state index is 8.46. The summed E-state index contributed by atoms with van der Waals surface area (Å²) in [6.07, 6.45) is 2.08. The molecule has 0 radical (unpaired) electrons. The molecule has 0 aliphatic rings. The first-order valence-corrected chi connectivity index (χ1v) is 5.75. The van der Waals surface area contributed by atoms with Gasteiger partial charge in [0.1, 0.15) is 6.61 Å². The van der Waals surface area contributed by atoms with Crippen molar-refractivity contribution in [2.75, 3.05) is 12.9 Å². The molecule has 0 aliphatic heterocycles. The molecule has 0 unspecified atom stereocenters. The van der Waals surface area contributed by atoms with Gasteiger partial charge in [-0.2, -0.15) is 11.8 Å². The van der Waals surface area contributed by atoms with Crippen LogP contribution in [0.15, 0.2) is 12.1 Å². The van der Waals surface area contributed by atoms with Gasteiger partial charge >= 0.3 is 0 Å². The Labute approximate surface area is 80.8 Å². The summed E-state index contributed by atoms with van der Waals surface area (Å²) in [7, 11) is 0. The first-order valence-electron chi connectivity index (χ1n) is 3.54. The molecular weight excluding hydrogens is 188 g/mol. The second-order valence-corrected chi connectivity index (χ2v) is 4.19. The van der Waals surface area contributed by atoms with Crippen LogP contribution in [0.25, 0.3) is 0 Å². The molecular formula is C9H10OS2. The standard InChI is InChI=1S/C9H10OS2/c1-11-7-9-5-4-8(12-9)3-2-6-10/h4-5,10H,6-7H2,1H3. The van der Waals surface area contributed by atoms with Crippen LogP contribution in [0.4, 0.5) is 0 Å². The second kappa shape index (κ2) is 5.26. The Morgan fingerprint density at radius 2 is 2.42 bits per heavy atom. The van der Waals surface area contributed by atoms with Crippen LogP contribution in [0.1, 0.15) is 9.75 Å². The Morgan fingerprint density at radius 1 is 1.58 bits per heavy atom. The minimum Gasteiger partial charge on any atom is -0.384 e. The molecule has 1 aromatic rings. The first kappa shape index (κ1) is 9.66. The SMILES string of the molecule is CSCc1ccc(C#CCO)s1. The lowest BCUT2D eigenvalue weighted by molar-refractivity contribution is 0.350. The lowest BCUT2D eigenvalue weighted by Gasteiger charge is -1.87. The van der Waals surface area contributed by atoms with Crippen LogP contribution in [0, 0.1) is 11.8 Å². The highest BCUT2D eigenvalue weighted by Crippen LogP contribution is 2.19. The Bertz CT molecular complexity index is 293. The fraction of sp³-hybridized carbons (Fsp3) is 0.333. The molecule has 0 saturated heterocycles. The molecule has 3 heteroatoms. The van der Waals surface area contributed by atoms with Crippen molar-refractivity contribution in [1.29, 1.82) is 0 Å². The van der Waals surface area contributed by atoms with Gasteiger partial charge in [0, 0.05) is 10.6 Å². The van der Waals surface area contributed by atoms with E-state index in [-0.39, 0.29) is 6.61 Å². The smallest absolute Gasteiger partial charge is 0.104 e. The molecule has 0 spiro atoms. The third kappa shape index (κ3) is 2.90.